The number of nitrogens with one attached hydrogen (secondary N) is 1. The minimum Gasteiger partial charge on any atom is -0.352 e. The first-order chi connectivity index (χ1) is 9.63. The number of nitrogens with zero attached hydrogens (tertiary/aromatic N) is 4. The highest BCUT2D eigenvalue weighted by atomic mass is 15.3. The smallest absolute Gasteiger partial charge is 0.226 e. The maximum Gasteiger partial charge on any atom is 0.226 e. The van der Waals surface area contributed by atoms with Gasteiger partial charge in [-0.05, 0) is 38.8 Å². The Bertz CT molecular complexity index is 420. The van der Waals surface area contributed by atoms with Crippen LogP contribution in [-0.4, -0.2) is 49.2 Å². The van der Waals surface area contributed by atoms with Gasteiger partial charge in [0.1, 0.15) is 5.82 Å². The van der Waals surface area contributed by atoms with Crippen molar-refractivity contribution in [2.24, 2.45) is 0 Å². The number of hydrogen-bond acceptors (Lipinski definition) is 5. The first-order valence-corrected chi connectivity index (χ1v) is 7.64. The van der Waals surface area contributed by atoms with Crippen LogP contribution in [0.25, 0.3) is 0 Å². The molecule has 112 valence electrons. The number of anilines is 2. The molecule has 0 aliphatic carbocycles. The molecule has 0 aromatic carbocycles. The molecule has 2 atom stereocenters. The first-order valence-electron chi connectivity index (χ1n) is 7.64. The molecular formula is C15H27N5. The predicted octanol–water partition coefficient (Wildman–Crippen LogP) is 1.90. The number of rotatable bonds is 5. The molecule has 20 heavy (non-hydrogen) atoms. The number of piperidine rings is 1. The molecule has 0 bridgehead atoms. The number of likely N-dealkylation sites (N-methyl/N-ethyl adjacent to an activating group) is 1. The quantitative estimate of drug-likeness (QED) is 0.890. The topological polar surface area (TPSA) is 44.3 Å². The van der Waals surface area contributed by atoms with Crippen molar-refractivity contribution in [3.63, 3.8) is 0 Å². The maximum absolute atomic E-state index is 4.70. The molecule has 2 heterocycles. The average Bonchev–Trinajstić information content (AvgIpc) is 2.47. The Kier molecular flexibility index (Phi) is 5.17. The van der Waals surface area contributed by atoms with Crippen molar-refractivity contribution in [3.05, 3.63) is 12.3 Å². The fourth-order valence-corrected chi connectivity index (χ4v) is 2.93. The number of aromatic nitrogens is 2. The minimum absolute atomic E-state index is 0.484. The van der Waals surface area contributed by atoms with E-state index in [9.17, 15) is 0 Å². The summed E-state index contributed by atoms with van der Waals surface area (Å²) in [4.78, 5) is 13.4. The van der Waals surface area contributed by atoms with E-state index in [4.69, 9.17) is 4.98 Å². The van der Waals surface area contributed by atoms with Crippen molar-refractivity contribution in [1.82, 2.24) is 15.3 Å². The lowest BCUT2D eigenvalue weighted by atomic mass is 9.96. The van der Waals surface area contributed by atoms with E-state index in [1.807, 2.05) is 31.3 Å². The average molecular weight is 277 g/mol. The van der Waals surface area contributed by atoms with Gasteiger partial charge in [-0.1, -0.05) is 6.92 Å². The monoisotopic (exact) mass is 277 g/mol. The molecule has 1 aromatic rings. The van der Waals surface area contributed by atoms with Crippen molar-refractivity contribution >= 4 is 11.8 Å². The van der Waals surface area contributed by atoms with E-state index in [0.717, 1.165) is 24.9 Å². The van der Waals surface area contributed by atoms with Gasteiger partial charge in [0, 0.05) is 38.9 Å². The largest absolute Gasteiger partial charge is 0.352 e. The van der Waals surface area contributed by atoms with E-state index >= 15 is 0 Å². The summed E-state index contributed by atoms with van der Waals surface area (Å²) in [6, 6.07) is 3.04. The van der Waals surface area contributed by atoms with Crippen LogP contribution in [0.3, 0.4) is 0 Å². The van der Waals surface area contributed by atoms with E-state index < -0.39 is 0 Å². The Labute approximate surface area is 122 Å². The molecule has 0 spiro atoms. The molecule has 1 fully saturated rings. The van der Waals surface area contributed by atoms with Gasteiger partial charge in [-0.3, -0.25) is 0 Å². The van der Waals surface area contributed by atoms with Crippen LogP contribution in [0.15, 0.2) is 12.3 Å². The second kappa shape index (κ2) is 6.88. The van der Waals surface area contributed by atoms with E-state index in [2.05, 4.69) is 29.0 Å². The summed E-state index contributed by atoms with van der Waals surface area (Å²) >= 11 is 0. The van der Waals surface area contributed by atoms with Crippen LogP contribution >= 0.6 is 0 Å². The van der Waals surface area contributed by atoms with Gasteiger partial charge in [-0.15, -0.1) is 0 Å². The molecule has 1 aromatic heterocycles. The lowest BCUT2D eigenvalue weighted by molar-refractivity contribution is 0.370. The Morgan fingerprint density at radius 1 is 1.45 bits per heavy atom. The Hall–Kier alpha value is -1.36. The van der Waals surface area contributed by atoms with Crippen molar-refractivity contribution in [3.8, 4) is 0 Å². The highest BCUT2D eigenvalue weighted by Gasteiger charge is 2.28. The lowest BCUT2D eigenvalue weighted by Crippen LogP contribution is -2.51. The summed E-state index contributed by atoms with van der Waals surface area (Å²) in [7, 11) is 3.96. The molecule has 2 unspecified atom stereocenters. The summed E-state index contributed by atoms with van der Waals surface area (Å²) in [5, 5.41) is 3.56. The van der Waals surface area contributed by atoms with Gasteiger partial charge in [0.05, 0.1) is 0 Å². The van der Waals surface area contributed by atoms with Crippen molar-refractivity contribution in [1.29, 1.82) is 0 Å². The van der Waals surface area contributed by atoms with Crippen molar-refractivity contribution in [2.45, 2.75) is 45.2 Å². The van der Waals surface area contributed by atoms with Gasteiger partial charge < -0.3 is 15.1 Å². The summed E-state index contributed by atoms with van der Waals surface area (Å²) < 4.78 is 0. The normalized spacial score (nSPS) is 20.8. The van der Waals surface area contributed by atoms with Gasteiger partial charge in [0.15, 0.2) is 0 Å². The van der Waals surface area contributed by atoms with E-state index in [1.54, 1.807) is 0 Å². The molecule has 1 saturated heterocycles. The lowest BCUT2D eigenvalue weighted by Gasteiger charge is -2.40. The highest BCUT2D eigenvalue weighted by Crippen LogP contribution is 2.25. The zero-order valence-corrected chi connectivity index (χ0v) is 13.1. The molecule has 0 amide bonds. The Morgan fingerprint density at radius 3 is 2.95 bits per heavy atom. The standard InChI is InChI=1S/C15H27N5/c1-5-16-12(2)13-8-6-7-11-20(13)14-9-10-17-15(18-14)19(3)4/h9-10,12-13,16H,5-8,11H2,1-4H3. The van der Waals surface area contributed by atoms with Crippen molar-refractivity contribution in [2.75, 3.05) is 37.0 Å². The van der Waals surface area contributed by atoms with Gasteiger partial charge in [-0.2, -0.15) is 4.98 Å². The molecule has 1 N–H and O–H groups in total. The molecule has 5 heteroatoms. The third-order valence-electron chi connectivity index (χ3n) is 3.97. The van der Waals surface area contributed by atoms with Crippen LogP contribution in [0.5, 0.6) is 0 Å². The molecular weight excluding hydrogens is 250 g/mol. The number of hydrogen-bond donors (Lipinski definition) is 1. The molecule has 0 saturated carbocycles. The zero-order chi connectivity index (χ0) is 14.5. The van der Waals surface area contributed by atoms with Crippen molar-refractivity contribution < 1.29 is 0 Å². The summed E-state index contributed by atoms with van der Waals surface area (Å²) in [6.45, 7) is 6.54. The van der Waals surface area contributed by atoms with Crippen LogP contribution in [0, 0.1) is 0 Å². The molecule has 0 radical (unpaired) electrons. The van der Waals surface area contributed by atoms with Gasteiger partial charge in [0.25, 0.3) is 0 Å². The SMILES string of the molecule is CCNC(C)C1CCCCN1c1ccnc(N(C)C)n1. The van der Waals surface area contributed by atoms with Crippen LogP contribution in [0.4, 0.5) is 11.8 Å². The third kappa shape index (κ3) is 3.39. The Balaban J connectivity index is 2.21. The van der Waals surface area contributed by atoms with Gasteiger partial charge in [0.2, 0.25) is 5.95 Å². The van der Waals surface area contributed by atoms with E-state index in [1.165, 1.54) is 19.3 Å². The fourth-order valence-electron chi connectivity index (χ4n) is 2.93. The molecule has 5 nitrogen and oxygen atoms in total. The van der Waals surface area contributed by atoms with Crippen LogP contribution in [0.2, 0.25) is 0 Å². The van der Waals surface area contributed by atoms with Crippen LogP contribution in [0.1, 0.15) is 33.1 Å². The highest BCUT2D eigenvalue weighted by molar-refractivity contribution is 5.44. The molecule has 2 rings (SSSR count). The van der Waals surface area contributed by atoms with E-state index in [-0.39, 0.29) is 0 Å². The molecule has 1 aliphatic heterocycles. The second-order valence-corrected chi connectivity index (χ2v) is 5.71. The maximum atomic E-state index is 4.70. The predicted molar refractivity (Wildman–Crippen MR) is 84.5 cm³/mol. The zero-order valence-electron chi connectivity index (χ0n) is 13.1. The first kappa shape index (κ1) is 15.0. The summed E-state index contributed by atoms with van der Waals surface area (Å²) in [5.74, 6) is 1.83. The molecule has 1 aliphatic rings. The Morgan fingerprint density at radius 2 is 2.25 bits per heavy atom. The summed E-state index contributed by atoms with van der Waals surface area (Å²) in [6.07, 6.45) is 5.65. The van der Waals surface area contributed by atoms with Crippen LogP contribution in [-0.2, 0) is 0 Å². The fraction of sp³-hybridized carbons (Fsp3) is 0.733. The minimum atomic E-state index is 0.484. The third-order valence-corrected chi connectivity index (χ3v) is 3.97. The second-order valence-electron chi connectivity index (χ2n) is 5.71. The van der Waals surface area contributed by atoms with Crippen LogP contribution < -0.4 is 15.1 Å². The summed E-state index contributed by atoms with van der Waals surface area (Å²) in [5.41, 5.74) is 0. The van der Waals surface area contributed by atoms with E-state index in [0.29, 0.717) is 12.1 Å². The van der Waals surface area contributed by atoms with Gasteiger partial charge >= 0.3 is 0 Å². The van der Waals surface area contributed by atoms with Gasteiger partial charge in [-0.25, -0.2) is 4.98 Å².